The first kappa shape index (κ1) is 21.9. The standard InChI is InChI=1S/C22H31N3O5/c1-14(2)6-5-7-15(3)23-19(26)13-25-20(27)22(4,24-21(25)28)16-8-9-17-18(12-16)30-11-10-29-17/h8-9,12,14-15H,5-7,10-11,13H2,1-4H3,(H,23,26)(H,24,28)/t15-,22-/m1/s1. The highest BCUT2D eigenvalue weighted by atomic mass is 16.6. The van der Waals surface area contributed by atoms with Crippen LogP contribution >= 0.6 is 0 Å². The van der Waals surface area contributed by atoms with Crippen molar-refractivity contribution in [1.29, 1.82) is 0 Å². The summed E-state index contributed by atoms with van der Waals surface area (Å²) >= 11 is 0. The molecule has 0 radical (unpaired) electrons. The number of nitrogens with one attached hydrogen (secondary N) is 2. The van der Waals surface area contributed by atoms with Gasteiger partial charge in [0.05, 0.1) is 0 Å². The Hall–Kier alpha value is -2.77. The van der Waals surface area contributed by atoms with Gasteiger partial charge in [-0.05, 0) is 43.9 Å². The first-order valence-corrected chi connectivity index (χ1v) is 10.5. The van der Waals surface area contributed by atoms with Gasteiger partial charge >= 0.3 is 6.03 Å². The highest BCUT2D eigenvalue weighted by Gasteiger charge is 2.49. The molecular formula is C22H31N3O5. The smallest absolute Gasteiger partial charge is 0.325 e. The number of amides is 4. The molecule has 1 aromatic rings. The second-order valence-corrected chi connectivity index (χ2v) is 8.60. The van der Waals surface area contributed by atoms with Crippen LogP contribution < -0.4 is 20.1 Å². The van der Waals surface area contributed by atoms with Crippen LogP contribution in [0.2, 0.25) is 0 Å². The third kappa shape index (κ3) is 4.68. The molecule has 2 aliphatic heterocycles. The maximum Gasteiger partial charge on any atom is 0.325 e. The van der Waals surface area contributed by atoms with E-state index in [1.165, 1.54) is 0 Å². The summed E-state index contributed by atoms with van der Waals surface area (Å²) in [6.45, 7) is 8.49. The van der Waals surface area contributed by atoms with Crippen LogP contribution in [0, 0.1) is 5.92 Å². The van der Waals surface area contributed by atoms with Crippen LogP contribution in [0.1, 0.15) is 52.5 Å². The summed E-state index contributed by atoms with van der Waals surface area (Å²) in [4.78, 5) is 38.9. The highest BCUT2D eigenvalue weighted by Crippen LogP contribution is 2.36. The fraction of sp³-hybridized carbons (Fsp3) is 0.591. The summed E-state index contributed by atoms with van der Waals surface area (Å²) in [7, 11) is 0. The molecular weight excluding hydrogens is 386 g/mol. The van der Waals surface area contributed by atoms with E-state index in [1.807, 2.05) is 6.92 Å². The predicted octanol–water partition coefficient (Wildman–Crippen LogP) is 2.56. The molecule has 164 valence electrons. The van der Waals surface area contributed by atoms with Crippen molar-refractivity contribution in [3.05, 3.63) is 23.8 Å². The first-order valence-electron chi connectivity index (χ1n) is 10.5. The van der Waals surface area contributed by atoms with Gasteiger partial charge in [-0.1, -0.05) is 32.8 Å². The van der Waals surface area contributed by atoms with Crippen molar-refractivity contribution in [2.75, 3.05) is 19.8 Å². The zero-order valence-electron chi connectivity index (χ0n) is 18.1. The van der Waals surface area contributed by atoms with Gasteiger partial charge < -0.3 is 20.1 Å². The van der Waals surface area contributed by atoms with Gasteiger partial charge in [-0.15, -0.1) is 0 Å². The van der Waals surface area contributed by atoms with Gasteiger partial charge in [0.2, 0.25) is 5.91 Å². The molecule has 3 rings (SSSR count). The Bertz CT molecular complexity index is 825. The SMILES string of the molecule is CC(C)CCC[C@@H](C)NC(=O)CN1C(=O)N[C@](C)(c2ccc3c(c2)OCCO3)C1=O. The van der Waals surface area contributed by atoms with Gasteiger partial charge in [0.25, 0.3) is 5.91 Å². The molecule has 8 nitrogen and oxygen atoms in total. The summed E-state index contributed by atoms with van der Waals surface area (Å²) in [5.74, 6) is 0.951. The lowest BCUT2D eigenvalue weighted by molar-refractivity contribution is -0.135. The van der Waals surface area contributed by atoms with Crippen LogP contribution in [0.3, 0.4) is 0 Å². The van der Waals surface area contributed by atoms with Crippen LogP contribution in [0.4, 0.5) is 4.79 Å². The van der Waals surface area contributed by atoms with Crippen LogP contribution in [0.15, 0.2) is 18.2 Å². The normalized spacial score (nSPS) is 21.6. The molecule has 4 amide bonds. The summed E-state index contributed by atoms with van der Waals surface area (Å²) in [6, 6.07) is 4.56. The molecule has 2 N–H and O–H groups in total. The van der Waals surface area contributed by atoms with Gasteiger partial charge in [0, 0.05) is 6.04 Å². The lowest BCUT2D eigenvalue weighted by Crippen LogP contribution is -2.45. The quantitative estimate of drug-likeness (QED) is 0.634. The van der Waals surface area contributed by atoms with E-state index in [2.05, 4.69) is 24.5 Å². The number of benzene rings is 1. The van der Waals surface area contributed by atoms with Crippen molar-refractivity contribution in [1.82, 2.24) is 15.5 Å². The Kier molecular flexibility index (Phi) is 6.53. The largest absolute Gasteiger partial charge is 0.486 e. The number of hydrogen-bond acceptors (Lipinski definition) is 5. The van der Waals surface area contributed by atoms with Crippen molar-refractivity contribution in [3.63, 3.8) is 0 Å². The molecule has 2 atom stereocenters. The molecule has 0 aromatic heterocycles. The lowest BCUT2D eigenvalue weighted by atomic mass is 9.91. The van der Waals surface area contributed by atoms with E-state index in [-0.39, 0.29) is 18.5 Å². The molecule has 1 fully saturated rings. The lowest BCUT2D eigenvalue weighted by Gasteiger charge is -2.25. The second kappa shape index (κ2) is 8.93. The average molecular weight is 418 g/mol. The van der Waals surface area contributed by atoms with Crippen LogP contribution in [-0.2, 0) is 15.1 Å². The summed E-state index contributed by atoms with van der Waals surface area (Å²) in [5.41, 5.74) is -0.689. The van der Waals surface area contributed by atoms with Gasteiger partial charge in [-0.2, -0.15) is 0 Å². The zero-order chi connectivity index (χ0) is 21.9. The van der Waals surface area contributed by atoms with Gasteiger partial charge in [0.15, 0.2) is 11.5 Å². The predicted molar refractivity (Wildman–Crippen MR) is 111 cm³/mol. The van der Waals surface area contributed by atoms with E-state index >= 15 is 0 Å². The Morgan fingerprint density at radius 3 is 2.57 bits per heavy atom. The highest BCUT2D eigenvalue weighted by molar-refractivity contribution is 6.09. The number of carbonyl (C=O) groups is 3. The number of fused-ring (bicyclic) bond motifs is 1. The number of imide groups is 1. The maximum absolute atomic E-state index is 13.1. The third-order valence-electron chi connectivity index (χ3n) is 5.52. The van der Waals surface area contributed by atoms with Crippen molar-refractivity contribution in [2.45, 2.75) is 58.5 Å². The number of carbonyl (C=O) groups excluding carboxylic acids is 3. The van der Waals surface area contributed by atoms with Crippen molar-refractivity contribution < 1.29 is 23.9 Å². The summed E-state index contributed by atoms with van der Waals surface area (Å²) in [6.07, 6.45) is 2.98. The molecule has 0 aliphatic carbocycles. The molecule has 0 spiro atoms. The second-order valence-electron chi connectivity index (χ2n) is 8.60. The topological polar surface area (TPSA) is 97.0 Å². The van der Waals surface area contributed by atoms with E-state index in [1.54, 1.807) is 25.1 Å². The van der Waals surface area contributed by atoms with Gasteiger partial charge in [0.1, 0.15) is 25.3 Å². The van der Waals surface area contributed by atoms with Gasteiger partial charge in [-0.25, -0.2) is 4.79 Å². The van der Waals surface area contributed by atoms with E-state index in [4.69, 9.17) is 9.47 Å². The minimum atomic E-state index is -1.27. The molecule has 2 aliphatic rings. The van der Waals surface area contributed by atoms with Crippen molar-refractivity contribution >= 4 is 17.8 Å². The molecule has 1 aromatic carbocycles. The van der Waals surface area contributed by atoms with Gasteiger partial charge in [-0.3, -0.25) is 14.5 Å². The Morgan fingerprint density at radius 1 is 1.17 bits per heavy atom. The maximum atomic E-state index is 13.1. The fourth-order valence-corrected chi connectivity index (χ4v) is 3.76. The van der Waals surface area contributed by atoms with Crippen LogP contribution in [0.25, 0.3) is 0 Å². The number of urea groups is 1. The van der Waals surface area contributed by atoms with Crippen molar-refractivity contribution in [3.8, 4) is 11.5 Å². The average Bonchev–Trinajstić information content (AvgIpc) is 2.91. The summed E-state index contributed by atoms with van der Waals surface area (Å²) < 4.78 is 11.1. The summed E-state index contributed by atoms with van der Waals surface area (Å²) in [5, 5.41) is 5.60. The monoisotopic (exact) mass is 417 g/mol. The molecule has 30 heavy (non-hydrogen) atoms. The molecule has 0 unspecified atom stereocenters. The molecule has 0 saturated carbocycles. The number of ether oxygens (including phenoxy) is 2. The Labute approximate surface area is 177 Å². The number of hydrogen-bond donors (Lipinski definition) is 2. The fourth-order valence-electron chi connectivity index (χ4n) is 3.76. The minimum Gasteiger partial charge on any atom is -0.486 e. The minimum absolute atomic E-state index is 0.0128. The van der Waals surface area contributed by atoms with Crippen LogP contribution in [-0.4, -0.2) is 48.5 Å². The molecule has 1 saturated heterocycles. The van der Waals surface area contributed by atoms with E-state index < -0.39 is 17.5 Å². The zero-order valence-corrected chi connectivity index (χ0v) is 18.1. The Morgan fingerprint density at radius 2 is 1.87 bits per heavy atom. The van der Waals surface area contributed by atoms with E-state index in [9.17, 15) is 14.4 Å². The molecule has 0 bridgehead atoms. The first-order chi connectivity index (χ1) is 14.2. The number of rotatable bonds is 8. The molecule has 2 heterocycles. The molecule has 8 heteroatoms. The number of nitrogens with zero attached hydrogens (tertiary/aromatic N) is 1. The van der Waals surface area contributed by atoms with Crippen molar-refractivity contribution in [2.24, 2.45) is 5.92 Å². The Balaban J connectivity index is 1.63. The third-order valence-corrected chi connectivity index (χ3v) is 5.52. The van der Waals surface area contributed by atoms with E-state index in [0.29, 0.717) is 36.2 Å². The van der Waals surface area contributed by atoms with Crippen LogP contribution in [0.5, 0.6) is 11.5 Å². The van der Waals surface area contributed by atoms with E-state index in [0.717, 1.165) is 24.2 Å².